The molecule has 0 spiro atoms. The first-order valence-corrected chi connectivity index (χ1v) is 5.42. The lowest BCUT2D eigenvalue weighted by Crippen LogP contribution is -2.02. The molecule has 0 aliphatic carbocycles. The molecule has 0 saturated heterocycles. The molecule has 0 radical (unpaired) electrons. The van der Waals surface area contributed by atoms with Crippen molar-refractivity contribution in [3.05, 3.63) is 18.2 Å². The maximum absolute atomic E-state index is 5.50. The molecular weight excluding hydrogens is 212 g/mol. The molecule has 0 unspecified atom stereocenters. The highest BCUT2D eigenvalue weighted by molar-refractivity contribution is 7.10. The second-order valence-electron chi connectivity index (χ2n) is 3.08. The van der Waals surface area contributed by atoms with Gasteiger partial charge in [-0.15, -0.1) is 0 Å². The van der Waals surface area contributed by atoms with Crippen LogP contribution in [0, 0.1) is 0 Å². The second kappa shape index (κ2) is 4.74. The summed E-state index contributed by atoms with van der Waals surface area (Å²) in [5, 5.41) is 10.8. The number of aromatic amines is 1. The van der Waals surface area contributed by atoms with E-state index < -0.39 is 0 Å². The lowest BCUT2D eigenvalue weighted by Gasteiger charge is -2.00. The number of nitrogen functional groups attached to an aromatic ring is 1. The van der Waals surface area contributed by atoms with Crippen LogP contribution < -0.4 is 11.1 Å². The van der Waals surface area contributed by atoms with Crippen molar-refractivity contribution in [2.24, 2.45) is 0 Å². The molecule has 0 aliphatic heterocycles. The van der Waals surface area contributed by atoms with Crippen molar-refractivity contribution in [1.82, 2.24) is 19.6 Å². The number of anilines is 2. The van der Waals surface area contributed by atoms with Gasteiger partial charge in [0.25, 0.3) is 0 Å². The number of aryl methyl sites for hydroxylation is 1. The summed E-state index contributed by atoms with van der Waals surface area (Å²) in [5.41, 5.74) is 5.50. The van der Waals surface area contributed by atoms with Gasteiger partial charge in [-0.2, -0.15) is 9.47 Å². The van der Waals surface area contributed by atoms with E-state index in [2.05, 4.69) is 24.9 Å². The van der Waals surface area contributed by atoms with E-state index in [1.165, 1.54) is 17.9 Å². The van der Waals surface area contributed by atoms with Crippen LogP contribution in [0.2, 0.25) is 0 Å². The minimum atomic E-state index is 0.567. The van der Waals surface area contributed by atoms with E-state index in [0.29, 0.717) is 5.82 Å². The van der Waals surface area contributed by atoms with Gasteiger partial charge < -0.3 is 11.1 Å². The predicted molar refractivity (Wildman–Crippen MR) is 59.7 cm³/mol. The van der Waals surface area contributed by atoms with Crippen LogP contribution in [0.1, 0.15) is 12.2 Å². The highest BCUT2D eigenvalue weighted by Crippen LogP contribution is 2.17. The SMILES string of the molecule is Nc1cc(NCCCc2ncn[nH]2)sn1. The van der Waals surface area contributed by atoms with Crippen molar-refractivity contribution in [3.63, 3.8) is 0 Å². The van der Waals surface area contributed by atoms with Crippen LogP contribution >= 0.6 is 11.5 Å². The Morgan fingerprint density at radius 3 is 3.13 bits per heavy atom. The number of hydrogen-bond acceptors (Lipinski definition) is 6. The van der Waals surface area contributed by atoms with E-state index in [-0.39, 0.29) is 0 Å². The monoisotopic (exact) mass is 224 g/mol. The Morgan fingerprint density at radius 1 is 1.53 bits per heavy atom. The van der Waals surface area contributed by atoms with Crippen LogP contribution in [0.25, 0.3) is 0 Å². The topological polar surface area (TPSA) is 92.5 Å². The minimum Gasteiger partial charge on any atom is -0.383 e. The van der Waals surface area contributed by atoms with Crippen LogP contribution in [0.3, 0.4) is 0 Å². The summed E-state index contributed by atoms with van der Waals surface area (Å²) in [6.45, 7) is 0.877. The fourth-order valence-electron chi connectivity index (χ4n) is 1.19. The fraction of sp³-hybridized carbons (Fsp3) is 0.375. The van der Waals surface area contributed by atoms with Crippen molar-refractivity contribution in [2.75, 3.05) is 17.6 Å². The zero-order chi connectivity index (χ0) is 10.5. The van der Waals surface area contributed by atoms with Gasteiger partial charge in [0.05, 0.1) is 0 Å². The zero-order valence-electron chi connectivity index (χ0n) is 8.10. The number of hydrogen-bond donors (Lipinski definition) is 3. The van der Waals surface area contributed by atoms with Crippen LogP contribution in [0.4, 0.5) is 10.8 Å². The summed E-state index contributed by atoms with van der Waals surface area (Å²) >= 11 is 1.38. The standard InChI is InChI=1S/C8H12N6S/c9-6-4-8(15-14-6)10-3-1-2-7-11-5-12-13-7/h4-5,10H,1-3H2,(H2,9,14)(H,11,12,13). The smallest absolute Gasteiger partial charge is 0.139 e. The molecule has 2 aromatic heterocycles. The van der Waals surface area contributed by atoms with Gasteiger partial charge in [-0.1, -0.05) is 0 Å². The minimum absolute atomic E-state index is 0.567. The molecule has 7 heteroatoms. The molecule has 2 aromatic rings. The number of nitrogens with two attached hydrogens (primary N) is 1. The first kappa shape index (κ1) is 9.91. The third-order valence-corrected chi connectivity index (χ3v) is 2.64. The number of nitrogens with zero attached hydrogens (tertiary/aromatic N) is 3. The highest BCUT2D eigenvalue weighted by atomic mass is 32.1. The molecule has 0 aromatic carbocycles. The fourth-order valence-corrected chi connectivity index (χ4v) is 1.79. The maximum Gasteiger partial charge on any atom is 0.139 e. The average Bonchev–Trinajstić information content (AvgIpc) is 2.84. The Hall–Kier alpha value is -1.63. The maximum atomic E-state index is 5.50. The van der Waals surface area contributed by atoms with Crippen LogP contribution in [0.15, 0.2) is 12.4 Å². The molecule has 0 atom stereocenters. The Balaban J connectivity index is 1.67. The number of aromatic nitrogens is 4. The summed E-state index contributed by atoms with van der Waals surface area (Å²) in [6.07, 6.45) is 3.40. The van der Waals surface area contributed by atoms with Crippen molar-refractivity contribution in [2.45, 2.75) is 12.8 Å². The summed E-state index contributed by atoms with van der Waals surface area (Å²) in [5.74, 6) is 1.48. The molecule has 6 nitrogen and oxygen atoms in total. The van der Waals surface area contributed by atoms with E-state index in [1.54, 1.807) is 0 Å². The van der Waals surface area contributed by atoms with Gasteiger partial charge in [-0.25, -0.2) is 4.98 Å². The van der Waals surface area contributed by atoms with Gasteiger partial charge in [0.1, 0.15) is 23.0 Å². The van der Waals surface area contributed by atoms with Crippen molar-refractivity contribution < 1.29 is 0 Å². The Kier molecular flexibility index (Phi) is 3.13. The van der Waals surface area contributed by atoms with Crippen LogP contribution in [-0.2, 0) is 6.42 Å². The van der Waals surface area contributed by atoms with Gasteiger partial charge >= 0.3 is 0 Å². The summed E-state index contributed by atoms with van der Waals surface area (Å²) in [4.78, 5) is 4.04. The third kappa shape index (κ3) is 2.91. The van der Waals surface area contributed by atoms with Crippen molar-refractivity contribution in [3.8, 4) is 0 Å². The lowest BCUT2D eigenvalue weighted by molar-refractivity contribution is 0.807. The van der Waals surface area contributed by atoms with Crippen molar-refractivity contribution >= 4 is 22.4 Å². The van der Waals surface area contributed by atoms with E-state index in [1.807, 2.05) is 6.07 Å². The summed E-state index contributed by atoms with van der Waals surface area (Å²) < 4.78 is 3.97. The summed E-state index contributed by atoms with van der Waals surface area (Å²) in [6, 6.07) is 1.83. The highest BCUT2D eigenvalue weighted by Gasteiger charge is 1.98. The first-order valence-electron chi connectivity index (χ1n) is 4.65. The van der Waals surface area contributed by atoms with Gasteiger partial charge in [0, 0.05) is 19.0 Å². The van der Waals surface area contributed by atoms with E-state index >= 15 is 0 Å². The van der Waals surface area contributed by atoms with Gasteiger partial charge in [-0.3, -0.25) is 5.10 Å². The average molecular weight is 224 g/mol. The molecule has 0 fully saturated rings. The number of rotatable bonds is 5. The first-order chi connectivity index (χ1) is 7.34. The van der Waals surface area contributed by atoms with E-state index in [0.717, 1.165) is 30.2 Å². The Bertz CT molecular complexity index is 395. The molecular formula is C8H12N6S. The lowest BCUT2D eigenvalue weighted by atomic mass is 10.3. The van der Waals surface area contributed by atoms with E-state index in [4.69, 9.17) is 5.73 Å². The van der Waals surface area contributed by atoms with Crippen molar-refractivity contribution in [1.29, 1.82) is 0 Å². The van der Waals surface area contributed by atoms with Crippen LogP contribution in [0.5, 0.6) is 0 Å². The molecule has 0 aliphatic rings. The van der Waals surface area contributed by atoms with E-state index in [9.17, 15) is 0 Å². The molecule has 15 heavy (non-hydrogen) atoms. The normalized spacial score (nSPS) is 10.4. The molecule has 4 N–H and O–H groups in total. The molecule has 2 rings (SSSR count). The molecule has 2 heterocycles. The predicted octanol–water partition coefficient (Wildman–Crippen LogP) is 0.888. The Morgan fingerprint density at radius 2 is 2.47 bits per heavy atom. The Labute approximate surface area is 91.1 Å². The van der Waals surface area contributed by atoms with Gasteiger partial charge in [0.2, 0.25) is 0 Å². The van der Waals surface area contributed by atoms with Crippen LogP contribution in [-0.4, -0.2) is 26.1 Å². The number of H-pyrrole nitrogens is 1. The third-order valence-electron chi connectivity index (χ3n) is 1.88. The molecule has 80 valence electrons. The summed E-state index contributed by atoms with van der Waals surface area (Å²) in [7, 11) is 0. The largest absolute Gasteiger partial charge is 0.383 e. The quantitative estimate of drug-likeness (QED) is 0.656. The zero-order valence-corrected chi connectivity index (χ0v) is 8.92. The molecule has 0 bridgehead atoms. The molecule has 0 saturated carbocycles. The second-order valence-corrected chi connectivity index (χ2v) is 3.88. The van der Waals surface area contributed by atoms with Gasteiger partial charge in [-0.05, 0) is 18.0 Å². The van der Waals surface area contributed by atoms with Gasteiger partial charge in [0.15, 0.2) is 0 Å². The number of nitrogens with one attached hydrogen (secondary N) is 2. The molecule has 0 amide bonds.